The van der Waals surface area contributed by atoms with Crippen molar-refractivity contribution < 1.29 is 4.39 Å². The lowest BCUT2D eigenvalue weighted by Gasteiger charge is -2.07. The van der Waals surface area contributed by atoms with Gasteiger partial charge in [-0.05, 0) is 26.0 Å². The molecular formula is C14H14FN3. The van der Waals surface area contributed by atoms with Gasteiger partial charge in [-0.1, -0.05) is 6.92 Å². The van der Waals surface area contributed by atoms with E-state index in [2.05, 4.69) is 16.9 Å². The van der Waals surface area contributed by atoms with Crippen molar-refractivity contribution >= 4 is 16.6 Å². The monoisotopic (exact) mass is 243 g/mol. The highest BCUT2D eigenvalue weighted by molar-refractivity contribution is 5.80. The number of hydrogen-bond acceptors (Lipinski definition) is 2. The van der Waals surface area contributed by atoms with Crippen LogP contribution < -0.4 is 0 Å². The Hall–Kier alpha value is -1.97. The van der Waals surface area contributed by atoms with Crippen LogP contribution in [0.15, 0.2) is 18.2 Å². The highest BCUT2D eigenvalue weighted by Crippen LogP contribution is 2.23. The second-order valence-corrected chi connectivity index (χ2v) is 4.48. The van der Waals surface area contributed by atoms with E-state index in [0.29, 0.717) is 0 Å². The van der Waals surface area contributed by atoms with Gasteiger partial charge in [-0.25, -0.2) is 14.4 Å². The molecular weight excluding hydrogens is 229 g/mol. The summed E-state index contributed by atoms with van der Waals surface area (Å²) in [5.41, 5.74) is 4.45. The number of aryl methyl sites for hydroxylation is 3. The third-order valence-electron chi connectivity index (χ3n) is 3.25. The van der Waals surface area contributed by atoms with Crippen LogP contribution >= 0.6 is 0 Å². The summed E-state index contributed by atoms with van der Waals surface area (Å²) < 4.78 is 15.5. The van der Waals surface area contributed by atoms with Crippen molar-refractivity contribution in [2.75, 3.05) is 0 Å². The largest absolute Gasteiger partial charge is 0.293 e. The predicted octanol–water partition coefficient (Wildman–Crippen LogP) is 3.20. The van der Waals surface area contributed by atoms with Crippen LogP contribution in [0.5, 0.6) is 0 Å². The highest BCUT2D eigenvalue weighted by atomic mass is 19.1. The summed E-state index contributed by atoms with van der Waals surface area (Å²) in [6.45, 7) is 5.98. The number of benzene rings is 1. The van der Waals surface area contributed by atoms with E-state index in [1.807, 2.05) is 18.2 Å². The van der Waals surface area contributed by atoms with Crippen molar-refractivity contribution in [3.05, 3.63) is 41.2 Å². The lowest BCUT2D eigenvalue weighted by Crippen LogP contribution is -1.99. The molecule has 1 aromatic carbocycles. The molecule has 18 heavy (non-hydrogen) atoms. The van der Waals surface area contributed by atoms with E-state index in [9.17, 15) is 4.39 Å². The summed E-state index contributed by atoms with van der Waals surface area (Å²) >= 11 is 0. The Morgan fingerprint density at radius 2 is 1.89 bits per heavy atom. The fourth-order valence-corrected chi connectivity index (χ4v) is 2.51. The Labute approximate surface area is 104 Å². The summed E-state index contributed by atoms with van der Waals surface area (Å²) in [5, 5.41) is 0. The normalized spacial score (nSPS) is 11.6. The van der Waals surface area contributed by atoms with Gasteiger partial charge in [-0.15, -0.1) is 0 Å². The molecule has 0 aliphatic rings. The van der Waals surface area contributed by atoms with Gasteiger partial charge in [0.2, 0.25) is 0 Å². The number of imidazole rings is 1. The maximum absolute atomic E-state index is 13.4. The van der Waals surface area contributed by atoms with E-state index in [1.54, 1.807) is 6.07 Å². The second kappa shape index (κ2) is 3.77. The average molecular weight is 243 g/mol. The molecule has 0 N–H and O–H groups in total. The molecule has 2 aromatic heterocycles. The Kier molecular flexibility index (Phi) is 2.33. The minimum absolute atomic E-state index is 0.247. The van der Waals surface area contributed by atoms with E-state index >= 15 is 0 Å². The van der Waals surface area contributed by atoms with Crippen molar-refractivity contribution in [3.63, 3.8) is 0 Å². The van der Waals surface area contributed by atoms with Crippen LogP contribution in [0.1, 0.15) is 24.1 Å². The van der Waals surface area contributed by atoms with Crippen LogP contribution in [-0.2, 0) is 6.42 Å². The molecule has 3 aromatic rings. The molecule has 0 bridgehead atoms. The quantitative estimate of drug-likeness (QED) is 0.657. The van der Waals surface area contributed by atoms with Crippen LogP contribution in [0.3, 0.4) is 0 Å². The fraction of sp³-hybridized carbons (Fsp3) is 0.286. The van der Waals surface area contributed by atoms with Gasteiger partial charge in [0.1, 0.15) is 11.6 Å². The number of rotatable bonds is 1. The first-order chi connectivity index (χ1) is 8.61. The zero-order valence-electron chi connectivity index (χ0n) is 10.7. The molecule has 2 heterocycles. The third-order valence-corrected chi connectivity index (χ3v) is 3.25. The van der Waals surface area contributed by atoms with Crippen molar-refractivity contribution in [1.82, 2.24) is 14.4 Å². The Balaban J connectivity index is 2.61. The van der Waals surface area contributed by atoms with Gasteiger partial charge in [0.25, 0.3) is 0 Å². The van der Waals surface area contributed by atoms with Crippen LogP contribution in [0, 0.1) is 19.7 Å². The number of nitrogens with zero attached hydrogens (tertiary/aromatic N) is 3. The van der Waals surface area contributed by atoms with Crippen LogP contribution in [0.25, 0.3) is 16.6 Å². The van der Waals surface area contributed by atoms with Crippen LogP contribution in [-0.4, -0.2) is 14.4 Å². The number of hydrogen-bond donors (Lipinski definition) is 0. The fourth-order valence-electron chi connectivity index (χ4n) is 2.51. The molecule has 0 unspecified atom stereocenters. The molecule has 4 heteroatoms. The highest BCUT2D eigenvalue weighted by Gasteiger charge is 2.13. The van der Waals surface area contributed by atoms with Crippen LogP contribution in [0.4, 0.5) is 4.39 Å². The van der Waals surface area contributed by atoms with E-state index in [-0.39, 0.29) is 5.82 Å². The summed E-state index contributed by atoms with van der Waals surface area (Å²) in [5.74, 6) is 0.700. The molecule has 3 nitrogen and oxygen atoms in total. The van der Waals surface area contributed by atoms with E-state index in [1.165, 1.54) is 12.1 Å². The first-order valence-electron chi connectivity index (χ1n) is 6.05. The summed E-state index contributed by atoms with van der Waals surface area (Å²) in [4.78, 5) is 9.08. The van der Waals surface area contributed by atoms with E-state index < -0.39 is 0 Å². The second-order valence-electron chi connectivity index (χ2n) is 4.48. The average Bonchev–Trinajstić information content (AvgIpc) is 2.68. The summed E-state index contributed by atoms with van der Waals surface area (Å²) in [6, 6.07) is 4.68. The number of aromatic nitrogens is 3. The molecule has 0 amide bonds. The van der Waals surface area contributed by atoms with Crippen molar-refractivity contribution in [1.29, 1.82) is 0 Å². The molecule has 0 radical (unpaired) electrons. The van der Waals surface area contributed by atoms with Crippen molar-refractivity contribution in [2.24, 2.45) is 0 Å². The van der Waals surface area contributed by atoms with E-state index in [0.717, 1.165) is 40.2 Å². The molecule has 0 saturated carbocycles. The molecule has 0 fully saturated rings. The Bertz CT molecular complexity index is 759. The standard InChI is InChI=1S/C14H14FN3/c1-4-13-17-9(3)14-8(2)16-11-6-5-10(15)7-12(11)18(13)14/h5-7H,4H2,1-3H3. The molecule has 0 aliphatic carbocycles. The molecule has 3 rings (SSSR count). The van der Waals surface area contributed by atoms with Gasteiger partial charge in [-0.3, -0.25) is 4.40 Å². The van der Waals surface area contributed by atoms with Gasteiger partial charge in [-0.2, -0.15) is 0 Å². The van der Waals surface area contributed by atoms with Gasteiger partial charge in [0.15, 0.2) is 0 Å². The minimum Gasteiger partial charge on any atom is -0.293 e. The molecule has 0 atom stereocenters. The zero-order chi connectivity index (χ0) is 12.9. The molecule has 0 spiro atoms. The molecule has 92 valence electrons. The van der Waals surface area contributed by atoms with Gasteiger partial charge >= 0.3 is 0 Å². The van der Waals surface area contributed by atoms with Crippen molar-refractivity contribution in [2.45, 2.75) is 27.2 Å². The van der Waals surface area contributed by atoms with Gasteiger partial charge in [0.05, 0.1) is 27.9 Å². The predicted molar refractivity (Wildman–Crippen MR) is 69.3 cm³/mol. The van der Waals surface area contributed by atoms with Crippen LogP contribution in [0.2, 0.25) is 0 Å². The molecule has 0 aliphatic heterocycles. The lowest BCUT2D eigenvalue weighted by molar-refractivity contribution is 0.629. The first-order valence-corrected chi connectivity index (χ1v) is 6.05. The number of halogens is 1. The minimum atomic E-state index is -0.247. The van der Waals surface area contributed by atoms with Crippen molar-refractivity contribution in [3.8, 4) is 0 Å². The smallest absolute Gasteiger partial charge is 0.125 e. The Morgan fingerprint density at radius 3 is 2.61 bits per heavy atom. The SMILES string of the molecule is CCc1nc(C)c2c(C)nc3ccc(F)cc3n12. The number of fused-ring (bicyclic) bond motifs is 3. The summed E-state index contributed by atoms with van der Waals surface area (Å²) in [7, 11) is 0. The van der Waals surface area contributed by atoms with Gasteiger partial charge < -0.3 is 0 Å². The third kappa shape index (κ3) is 1.41. The molecule has 0 saturated heterocycles. The zero-order valence-corrected chi connectivity index (χ0v) is 10.7. The Morgan fingerprint density at radius 1 is 1.17 bits per heavy atom. The maximum Gasteiger partial charge on any atom is 0.125 e. The lowest BCUT2D eigenvalue weighted by atomic mass is 10.2. The maximum atomic E-state index is 13.4. The van der Waals surface area contributed by atoms with Gasteiger partial charge in [0, 0.05) is 12.5 Å². The topological polar surface area (TPSA) is 30.2 Å². The first kappa shape index (κ1) is 11.1. The van der Waals surface area contributed by atoms with E-state index in [4.69, 9.17) is 0 Å². The summed E-state index contributed by atoms with van der Waals surface area (Å²) in [6.07, 6.45) is 0.810.